The molecule has 1 aromatic carbocycles. The van der Waals surface area contributed by atoms with Gasteiger partial charge in [-0.25, -0.2) is 4.79 Å². The Morgan fingerprint density at radius 2 is 2.24 bits per heavy atom. The van der Waals surface area contributed by atoms with Crippen LogP contribution in [0.3, 0.4) is 0 Å². The summed E-state index contributed by atoms with van der Waals surface area (Å²) in [5.74, 6) is -0.837. The second kappa shape index (κ2) is 6.28. The lowest BCUT2D eigenvalue weighted by Crippen LogP contribution is -2.32. The quantitative estimate of drug-likeness (QED) is 0.903. The molecule has 1 heterocycles. The van der Waals surface area contributed by atoms with Crippen LogP contribution in [0.25, 0.3) is 0 Å². The predicted octanol–water partition coefficient (Wildman–Crippen LogP) is 3.07. The number of carbonyl (C=O) groups is 1. The van der Waals surface area contributed by atoms with Gasteiger partial charge in [0.25, 0.3) is 0 Å². The number of benzene rings is 1. The van der Waals surface area contributed by atoms with Crippen molar-refractivity contribution < 1.29 is 9.90 Å². The molecule has 0 spiro atoms. The minimum atomic E-state index is -0.837. The normalized spacial score (nSPS) is 15.3. The second-order valence-electron chi connectivity index (χ2n) is 6.37. The Hall–Kier alpha value is -1.86. The molecule has 1 aliphatic rings. The van der Waals surface area contributed by atoms with Gasteiger partial charge in [0, 0.05) is 13.1 Å². The van der Waals surface area contributed by atoms with Gasteiger partial charge >= 0.3 is 5.97 Å². The number of nitriles is 1. The lowest BCUT2D eigenvalue weighted by atomic mass is 9.89. The third-order valence-electron chi connectivity index (χ3n) is 4.15. The molecule has 0 unspecified atom stereocenters. The molecule has 21 heavy (non-hydrogen) atoms. The lowest BCUT2D eigenvalue weighted by molar-refractivity contribution is 0.0694. The Labute approximate surface area is 126 Å². The van der Waals surface area contributed by atoms with Gasteiger partial charge in [-0.05, 0) is 56.8 Å². The number of carboxylic acid groups (broad SMARTS) is 1. The summed E-state index contributed by atoms with van der Waals surface area (Å²) >= 11 is 0. The summed E-state index contributed by atoms with van der Waals surface area (Å²) in [5.41, 5.74) is 2.29. The number of hydrogen-bond acceptors (Lipinski definition) is 3. The first-order valence-corrected chi connectivity index (χ1v) is 7.40. The van der Waals surface area contributed by atoms with E-state index in [1.807, 2.05) is 26.0 Å². The molecule has 2 rings (SSSR count). The second-order valence-corrected chi connectivity index (χ2v) is 6.37. The zero-order chi connectivity index (χ0) is 15.5. The van der Waals surface area contributed by atoms with Crippen LogP contribution in [-0.4, -0.2) is 29.1 Å². The Balaban J connectivity index is 1.96. The monoisotopic (exact) mass is 286 g/mol. The summed E-state index contributed by atoms with van der Waals surface area (Å²) < 4.78 is 0. The van der Waals surface area contributed by atoms with Crippen molar-refractivity contribution in [3.05, 3.63) is 34.9 Å². The molecule has 0 saturated heterocycles. The molecule has 0 radical (unpaired) electrons. The van der Waals surface area contributed by atoms with Gasteiger partial charge in [-0.3, -0.25) is 4.90 Å². The van der Waals surface area contributed by atoms with Crippen LogP contribution in [0.5, 0.6) is 0 Å². The van der Waals surface area contributed by atoms with Crippen molar-refractivity contribution in [3.8, 4) is 6.07 Å². The predicted molar refractivity (Wildman–Crippen MR) is 81.0 cm³/mol. The van der Waals surface area contributed by atoms with Gasteiger partial charge in [0.05, 0.1) is 17.0 Å². The van der Waals surface area contributed by atoms with Crippen molar-refractivity contribution >= 4 is 5.97 Å². The SMILES string of the molecule is CC(C)(C#N)CCCN1CCc2c(cccc2C(=O)O)C1. The molecule has 0 aromatic heterocycles. The van der Waals surface area contributed by atoms with Gasteiger partial charge in [-0.1, -0.05) is 12.1 Å². The van der Waals surface area contributed by atoms with Gasteiger partial charge in [0.15, 0.2) is 0 Å². The molecule has 1 N–H and O–H groups in total. The van der Waals surface area contributed by atoms with Crippen molar-refractivity contribution in [1.29, 1.82) is 5.26 Å². The molecule has 0 saturated carbocycles. The maximum absolute atomic E-state index is 11.2. The van der Waals surface area contributed by atoms with E-state index in [0.29, 0.717) is 5.56 Å². The van der Waals surface area contributed by atoms with E-state index in [9.17, 15) is 9.90 Å². The van der Waals surface area contributed by atoms with Gasteiger partial charge < -0.3 is 5.11 Å². The lowest BCUT2D eigenvalue weighted by Gasteiger charge is -2.30. The number of rotatable bonds is 5. The number of aromatic carboxylic acids is 1. The molecule has 112 valence electrons. The average Bonchev–Trinajstić information content (AvgIpc) is 2.46. The average molecular weight is 286 g/mol. The van der Waals surface area contributed by atoms with Crippen molar-refractivity contribution in [1.82, 2.24) is 4.90 Å². The van der Waals surface area contributed by atoms with E-state index < -0.39 is 5.97 Å². The summed E-state index contributed by atoms with van der Waals surface area (Å²) in [6.07, 6.45) is 2.68. The fourth-order valence-corrected chi connectivity index (χ4v) is 2.86. The number of hydrogen-bond donors (Lipinski definition) is 1. The summed E-state index contributed by atoms with van der Waals surface area (Å²) in [4.78, 5) is 13.6. The van der Waals surface area contributed by atoms with E-state index in [1.54, 1.807) is 6.07 Å². The molecule has 0 fully saturated rings. The molecule has 4 nitrogen and oxygen atoms in total. The number of nitrogens with zero attached hydrogens (tertiary/aromatic N) is 2. The zero-order valence-corrected chi connectivity index (χ0v) is 12.7. The van der Waals surface area contributed by atoms with Gasteiger partial charge in [0.1, 0.15) is 0 Å². The molecule has 1 aromatic rings. The van der Waals surface area contributed by atoms with Crippen LogP contribution in [-0.2, 0) is 13.0 Å². The maximum Gasteiger partial charge on any atom is 0.335 e. The Bertz CT molecular complexity index is 573. The molecule has 0 atom stereocenters. The van der Waals surface area contributed by atoms with E-state index in [1.165, 1.54) is 0 Å². The zero-order valence-electron chi connectivity index (χ0n) is 12.7. The van der Waals surface area contributed by atoms with E-state index >= 15 is 0 Å². The van der Waals surface area contributed by atoms with Gasteiger partial charge in [-0.15, -0.1) is 0 Å². The first-order valence-electron chi connectivity index (χ1n) is 7.40. The number of fused-ring (bicyclic) bond motifs is 1. The largest absolute Gasteiger partial charge is 0.478 e. The van der Waals surface area contributed by atoms with Crippen molar-refractivity contribution in [2.75, 3.05) is 13.1 Å². The highest BCUT2D eigenvalue weighted by Gasteiger charge is 2.22. The Kier molecular flexibility index (Phi) is 4.64. The van der Waals surface area contributed by atoms with E-state index in [-0.39, 0.29) is 5.41 Å². The minimum absolute atomic E-state index is 0.260. The highest BCUT2D eigenvalue weighted by atomic mass is 16.4. The number of carboxylic acids is 1. The molecular formula is C17H22N2O2. The Morgan fingerprint density at radius 3 is 2.90 bits per heavy atom. The molecule has 4 heteroatoms. The first kappa shape index (κ1) is 15.5. The molecule has 0 amide bonds. The van der Waals surface area contributed by atoms with Crippen LogP contribution in [0.15, 0.2) is 18.2 Å². The molecular weight excluding hydrogens is 264 g/mol. The third-order valence-corrected chi connectivity index (χ3v) is 4.15. The van der Waals surface area contributed by atoms with Crippen LogP contribution < -0.4 is 0 Å². The third kappa shape index (κ3) is 3.83. The highest BCUT2D eigenvalue weighted by molar-refractivity contribution is 5.89. The van der Waals surface area contributed by atoms with Crippen LogP contribution in [0, 0.1) is 16.7 Å². The topological polar surface area (TPSA) is 64.3 Å². The van der Waals surface area contributed by atoms with E-state index in [4.69, 9.17) is 5.26 Å². The fraction of sp³-hybridized carbons (Fsp3) is 0.529. The highest BCUT2D eigenvalue weighted by Crippen LogP contribution is 2.25. The molecule has 0 aliphatic carbocycles. The van der Waals surface area contributed by atoms with Crippen molar-refractivity contribution in [2.45, 2.75) is 39.7 Å². The smallest absolute Gasteiger partial charge is 0.335 e. The molecule has 0 bridgehead atoms. The van der Waals surface area contributed by atoms with Crippen LogP contribution in [0.2, 0.25) is 0 Å². The van der Waals surface area contributed by atoms with E-state index in [2.05, 4.69) is 11.0 Å². The fourth-order valence-electron chi connectivity index (χ4n) is 2.86. The summed E-state index contributed by atoms with van der Waals surface area (Å²) in [7, 11) is 0. The van der Waals surface area contributed by atoms with Crippen LogP contribution in [0.4, 0.5) is 0 Å². The van der Waals surface area contributed by atoms with Crippen LogP contribution >= 0.6 is 0 Å². The minimum Gasteiger partial charge on any atom is -0.478 e. The molecule has 1 aliphatic heterocycles. The van der Waals surface area contributed by atoms with Gasteiger partial charge in [0.2, 0.25) is 0 Å². The van der Waals surface area contributed by atoms with Crippen molar-refractivity contribution in [3.63, 3.8) is 0 Å². The van der Waals surface area contributed by atoms with Crippen LogP contribution in [0.1, 0.15) is 48.2 Å². The summed E-state index contributed by atoms with van der Waals surface area (Å²) in [6.45, 7) is 6.60. The standard InChI is InChI=1S/C17H22N2O2/c1-17(2,12-18)8-4-9-19-10-7-14-13(11-19)5-3-6-15(14)16(20)21/h3,5-6H,4,7-11H2,1-2H3,(H,20,21). The van der Waals surface area contributed by atoms with Crippen molar-refractivity contribution in [2.24, 2.45) is 5.41 Å². The maximum atomic E-state index is 11.2. The summed E-state index contributed by atoms with van der Waals surface area (Å²) in [5, 5.41) is 18.2. The van der Waals surface area contributed by atoms with Gasteiger partial charge in [-0.2, -0.15) is 5.26 Å². The van der Waals surface area contributed by atoms with E-state index in [0.717, 1.165) is 50.0 Å². The summed E-state index contributed by atoms with van der Waals surface area (Å²) in [6, 6.07) is 7.86. The first-order chi connectivity index (χ1) is 9.93. The Morgan fingerprint density at radius 1 is 1.48 bits per heavy atom.